The van der Waals surface area contributed by atoms with Crippen molar-refractivity contribution in [2.24, 2.45) is 46.3 Å². The number of benzene rings is 1. The monoisotopic (exact) mass is 558 g/mol. The SMILES string of the molecule is CC(C)CCCC(C)[C@H]1CC[C@H]2C3CC=C4C[C@@H](OC(=O)c5ccc(Cl)cc5Cl)CCC4(C)[C@H]3CCC12C. The van der Waals surface area contributed by atoms with Crippen molar-refractivity contribution in [1.29, 1.82) is 0 Å². The van der Waals surface area contributed by atoms with Gasteiger partial charge in [0, 0.05) is 11.4 Å². The van der Waals surface area contributed by atoms with E-state index >= 15 is 0 Å². The van der Waals surface area contributed by atoms with E-state index in [1.54, 1.807) is 23.8 Å². The second-order valence-electron chi connectivity index (χ2n) is 14.2. The molecule has 3 saturated carbocycles. The van der Waals surface area contributed by atoms with E-state index in [9.17, 15) is 4.79 Å². The highest BCUT2D eigenvalue weighted by molar-refractivity contribution is 6.36. The maximum atomic E-state index is 12.9. The molecule has 0 amide bonds. The Morgan fingerprint density at radius 1 is 1.03 bits per heavy atom. The summed E-state index contributed by atoms with van der Waals surface area (Å²) in [7, 11) is 0. The van der Waals surface area contributed by atoms with Crippen molar-refractivity contribution in [1.82, 2.24) is 0 Å². The standard InChI is InChI=1S/C34H48Cl2O2/c1-21(2)7-6-8-22(3)28-13-14-29-26-11-9-23-19-25(38-32(37)27-12-10-24(35)20-31(27)36)15-17-33(23,4)30(26)16-18-34(28,29)5/h9-10,12,20-22,25-26,28-30H,6-8,11,13-19H2,1-5H3/t22?,25-,26?,28+,29-,30-,33?,34?/m0/s1. The summed E-state index contributed by atoms with van der Waals surface area (Å²) < 4.78 is 5.99. The molecule has 0 aliphatic heterocycles. The summed E-state index contributed by atoms with van der Waals surface area (Å²) in [6, 6.07) is 4.98. The van der Waals surface area contributed by atoms with Crippen molar-refractivity contribution in [2.75, 3.05) is 0 Å². The van der Waals surface area contributed by atoms with Crippen LogP contribution in [0.5, 0.6) is 0 Å². The summed E-state index contributed by atoms with van der Waals surface area (Å²) in [6.45, 7) is 12.5. The van der Waals surface area contributed by atoms with Crippen LogP contribution in [0.4, 0.5) is 0 Å². The zero-order valence-corrected chi connectivity index (χ0v) is 25.7. The number of esters is 1. The molecule has 5 rings (SSSR count). The third kappa shape index (κ3) is 5.23. The molecule has 210 valence electrons. The van der Waals surface area contributed by atoms with E-state index in [0.29, 0.717) is 21.0 Å². The van der Waals surface area contributed by atoms with Crippen molar-refractivity contribution >= 4 is 29.2 Å². The molecule has 0 spiro atoms. The van der Waals surface area contributed by atoms with Crippen molar-refractivity contribution in [2.45, 2.75) is 111 Å². The van der Waals surface area contributed by atoms with Crippen molar-refractivity contribution in [3.05, 3.63) is 45.5 Å². The van der Waals surface area contributed by atoms with Gasteiger partial charge in [-0.3, -0.25) is 0 Å². The second-order valence-corrected chi connectivity index (χ2v) is 15.0. The lowest BCUT2D eigenvalue weighted by Crippen LogP contribution is -2.51. The van der Waals surface area contributed by atoms with Crippen LogP contribution < -0.4 is 0 Å². The number of rotatable bonds is 7. The van der Waals surface area contributed by atoms with Gasteiger partial charge in [0.15, 0.2) is 0 Å². The van der Waals surface area contributed by atoms with Gasteiger partial charge in [-0.15, -0.1) is 0 Å². The molecule has 1 aromatic carbocycles. The molecule has 4 aliphatic carbocycles. The van der Waals surface area contributed by atoms with Crippen LogP contribution in [0.2, 0.25) is 10.0 Å². The number of allylic oxidation sites excluding steroid dienone is 1. The average Bonchev–Trinajstić information content (AvgIpc) is 3.21. The van der Waals surface area contributed by atoms with E-state index in [4.69, 9.17) is 27.9 Å². The minimum atomic E-state index is -0.331. The second kappa shape index (κ2) is 11.1. The van der Waals surface area contributed by atoms with Crippen LogP contribution in [0.1, 0.15) is 116 Å². The van der Waals surface area contributed by atoms with E-state index in [0.717, 1.165) is 54.8 Å². The van der Waals surface area contributed by atoms with Gasteiger partial charge >= 0.3 is 5.97 Å². The van der Waals surface area contributed by atoms with Gasteiger partial charge < -0.3 is 4.74 Å². The summed E-state index contributed by atoms with van der Waals surface area (Å²) >= 11 is 12.3. The molecule has 4 aliphatic rings. The summed E-state index contributed by atoms with van der Waals surface area (Å²) in [5, 5.41) is 0.886. The van der Waals surface area contributed by atoms with Crippen LogP contribution >= 0.6 is 23.2 Å². The minimum Gasteiger partial charge on any atom is -0.458 e. The molecule has 1 aromatic rings. The first-order chi connectivity index (χ1) is 18.0. The van der Waals surface area contributed by atoms with Crippen LogP contribution in [0.25, 0.3) is 0 Å². The highest BCUT2D eigenvalue weighted by atomic mass is 35.5. The Balaban J connectivity index is 1.25. The molecule has 8 atom stereocenters. The normalized spacial score (nSPS) is 37.2. The third-order valence-corrected chi connectivity index (χ3v) is 12.2. The molecule has 0 aromatic heterocycles. The Kier molecular flexibility index (Phi) is 8.35. The predicted octanol–water partition coefficient (Wildman–Crippen LogP) is 10.6. The summed E-state index contributed by atoms with van der Waals surface area (Å²) in [5.41, 5.74) is 2.73. The van der Waals surface area contributed by atoms with E-state index in [2.05, 4.69) is 40.7 Å². The van der Waals surface area contributed by atoms with Gasteiger partial charge in [0.05, 0.1) is 10.6 Å². The van der Waals surface area contributed by atoms with Gasteiger partial charge in [-0.05, 0) is 109 Å². The molecule has 0 radical (unpaired) electrons. The van der Waals surface area contributed by atoms with Gasteiger partial charge in [0.1, 0.15) is 6.10 Å². The number of fused-ring (bicyclic) bond motifs is 5. The number of halogens is 2. The fourth-order valence-corrected chi connectivity index (χ4v) is 10.1. The Morgan fingerprint density at radius 2 is 1.82 bits per heavy atom. The highest BCUT2D eigenvalue weighted by Crippen LogP contribution is 2.67. The molecule has 4 unspecified atom stereocenters. The average molecular weight is 560 g/mol. The van der Waals surface area contributed by atoms with E-state index in [-0.39, 0.29) is 17.5 Å². The largest absolute Gasteiger partial charge is 0.458 e. The lowest BCUT2D eigenvalue weighted by atomic mass is 9.47. The van der Waals surface area contributed by atoms with E-state index < -0.39 is 0 Å². The van der Waals surface area contributed by atoms with Crippen LogP contribution in [-0.2, 0) is 4.74 Å². The van der Waals surface area contributed by atoms with Crippen LogP contribution in [0.3, 0.4) is 0 Å². The Bertz CT molecular complexity index is 1060. The minimum absolute atomic E-state index is 0.0680. The summed E-state index contributed by atoms with van der Waals surface area (Å²) in [6.07, 6.45) is 16.4. The molecule has 38 heavy (non-hydrogen) atoms. The lowest BCUT2D eigenvalue weighted by Gasteiger charge is -2.58. The van der Waals surface area contributed by atoms with Crippen molar-refractivity contribution in [3.63, 3.8) is 0 Å². The van der Waals surface area contributed by atoms with Crippen LogP contribution in [-0.4, -0.2) is 12.1 Å². The zero-order chi connectivity index (χ0) is 27.2. The smallest absolute Gasteiger partial charge is 0.339 e. The van der Waals surface area contributed by atoms with E-state index in [1.165, 1.54) is 51.4 Å². The Labute approximate surface area is 241 Å². The Morgan fingerprint density at radius 3 is 2.55 bits per heavy atom. The van der Waals surface area contributed by atoms with Gasteiger partial charge in [-0.1, -0.05) is 88.7 Å². The molecular weight excluding hydrogens is 511 g/mol. The lowest BCUT2D eigenvalue weighted by molar-refractivity contribution is -0.0594. The molecule has 4 heteroatoms. The summed E-state index contributed by atoms with van der Waals surface area (Å²) in [4.78, 5) is 12.9. The van der Waals surface area contributed by atoms with Crippen molar-refractivity contribution in [3.8, 4) is 0 Å². The molecule has 2 nitrogen and oxygen atoms in total. The number of hydrogen-bond donors (Lipinski definition) is 0. The predicted molar refractivity (Wildman–Crippen MR) is 159 cm³/mol. The van der Waals surface area contributed by atoms with Crippen LogP contribution in [0, 0.1) is 46.3 Å². The molecule has 0 N–H and O–H groups in total. The van der Waals surface area contributed by atoms with Crippen LogP contribution in [0.15, 0.2) is 29.8 Å². The number of carbonyl (C=O) groups is 1. The first kappa shape index (κ1) is 28.5. The highest BCUT2D eigenvalue weighted by Gasteiger charge is 2.59. The van der Waals surface area contributed by atoms with Gasteiger partial charge in [-0.2, -0.15) is 0 Å². The summed E-state index contributed by atoms with van der Waals surface area (Å²) in [5.74, 6) is 4.71. The Hall–Kier alpha value is -0.990. The third-order valence-electron chi connectivity index (χ3n) is 11.7. The first-order valence-corrected chi connectivity index (χ1v) is 16.1. The number of carbonyl (C=O) groups excluding carboxylic acids is 1. The van der Waals surface area contributed by atoms with Crippen molar-refractivity contribution < 1.29 is 9.53 Å². The van der Waals surface area contributed by atoms with Gasteiger partial charge in [0.2, 0.25) is 0 Å². The molecule has 3 fully saturated rings. The van der Waals surface area contributed by atoms with E-state index in [1.807, 2.05) is 0 Å². The first-order valence-electron chi connectivity index (χ1n) is 15.4. The van der Waals surface area contributed by atoms with Gasteiger partial charge in [-0.25, -0.2) is 4.79 Å². The molecule has 0 bridgehead atoms. The quantitative estimate of drug-likeness (QED) is 0.245. The maximum absolute atomic E-state index is 12.9. The number of ether oxygens (including phenoxy) is 1. The van der Waals surface area contributed by atoms with Gasteiger partial charge in [0.25, 0.3) is 0 Å². The topological polar surface area (TPSA) is 26.3 Å². The maximum Gasteiger partial charge on any atom is 0.339 e. The number of hydrogen-bond acceptors (Lipinski definition) is 2. The fourth-order valence-electron chi connectivity index (χ4n) is 9.62. The molecule has 0 saturated heterocycles. The molecule has 0 heterocycles. The molecular formula is C34H48Cl2O2. The fraction of sp³-hybridized carbons (Fsp3) is 0.735. The zero-order valence-electron chi connectivity index (χ0n) is 24.2.